The van der Waals surface area contributed by atoms with E-state index in [1.807, 2.05) is 35.6 Å². The molecule has 5 heteroatoms. The first-order chi connectivity index (χ1) is 27.8. The van der Waals surface area contributed by atoms with Crippen molar-refractivity contribution >= 4 is 53.3 Å². The van der Waals surface area contributed by atoms with Gasteiger partial charge in [-0.05, 0) is 52.6 Å². The Kier molecular flexibility index (Phi) is 7.64. The summed E-state index contributed by atoms with van der Waals surface area (Å²) >= 11 is 1.87. The van der Waals surface area contributed by atoms with Gasteiger partial charge in [-0.2, -0.15) is 0 Å². The summed E-state index contributed by atoms with van der Waals surface area (Å²) in [4.78, 5) is 15.5. The summed E-state index contributed by atoms with van der Waals surface area (Å²) in [5.41, 5.74) is 10.9. The maximum Gasteiger partial charge on any atom is 0.166 e. The van der Waals surface area contributed by atoms with E-state index in [2.05, 4.69) is 174 Å². The Balaban J connectivity index is 1.13. The van der Waals surface area contributed by atoms with Crippen LogP contribution in [0.25, 0.3) is 104 Å². The molecule has 3 heterocycles. The zero-order valence-corrected chi connectivity index (χ0v) is 31.0. The Morgan fingerprint density at radius 3 is 1.62 bits per heavy atom. The van der Waals surface area contributed by atoms with E-state index in [0.29, 0.717) is 17.5 Å². The van der Waals surface area contributed by atoms with E-state index in [-0.39, 0.29) is 0 Å². The van der Waals surface area contributed by atoms with Gasteiger partial charge in [0.15, 0.2) is 17.5 Å². The van der Waals surface area contributed by atoms with Gasteiger partial charge in [-0.15, -0.1) is 11.3 Å². The minimum Gasteiger partial charge on any atom is -0.308 e. The van der Waals surface area contributed by atoms with Crippen LogP contribution >= 0.6 is 11.3 Å². The topological polar surface area (TPSA) is 43.6 Å². The molecule has 0 aliphatic heterocycles. The van der Waals surface area contributed by atoms with Crippen LogP contribution in [0.3, 0.4) is 0 Å². The Hall–Kier alpha value is -7.21. The van der Waals surface area contributed by atoms with Crippen LogP contribution in [-0.2, 0) is 0 Å². The van der Waals surface area contributed by atoms with Crippen LogP contribution in [0.5, 0.6) is 0 Å². The van der Waals surface area contributed by atoms with Gasteiger partial charge in [0.05, 0.1) is 16.7 Å². The van der Waals surface area contributed by atoms with Crippen LogP contribution < -0.4 is 0 Å². The average molecular weight is 733 g/mol. The molecule has 0 bridgehead atoms. The van der Waals surface area contributed by atoms with Gasteiger partial charge >= 0.3 is 0 Å². The molecule has 3 aromatic heterocycles. The van der Waals surface area contributed by atoms with E-state index in [1.54, 1.807) is 0 Å². The summed E-state index contributed by atoms with van der Waals surface area (Å²) in [6.45, 7) is 0. The fourth-order valence-electron chi connectivity index (χ4n) is 8.01. The number of rotatable bonds is 6. The van der Waals surface area contributed by atoms with Gasteiger partial charge in [-0.3, -0.25) is 0 Å². The third-order valence-electron chi connectivity index (χ3n) is 10.7. The monoisotopic (exact) mass is 732 g/mol. The Bertz CT molecular complexity index is 3220. The van der Waals surface area contributed by atoms with E-state index in [0.717, 1.165) is 39.0 Å². The maximum absolute atomic E-state index is 5.22. The summed E-state index contributed by atoms with van der Waals surface area (Å²) in [6.07, 6.45) is 0. The van der Waals surface area contributed by atoms with Crippen molar-refractivity contribution in [3.8, 4) is 62.1 Å². The number of hydrogen-bond donors (Lipinski definition) is 0. The molecule has 0 saturated heterocycles. The maximum atomic E-state index is 5.22. The molecule has 0 amide bonds. The molecule has 262 valence electrons. The van der Waals surface area contributed by atoms with Crippen LogP contribution in [0.2, 0.25) is 0 Å². The Morgan fingerprint density at radius 2 is 0.875 bits per heavy atom. The summed E-state index contributed by atoms with van der Waals surface area (Å²) in [5.74, 6) is 1.89. The summed E-state index contributed by atoms with van der Waals surface area (Å²) in [6, 6.07) is 68.5. The van der Waals surface area contributed by atoms with Crippen molar-refractivity contribution in [2.24, 2.45) is 0 Å². The number of nitrogens with zero attached hydrogens (tertiary/aromatic N) is 4. The molecule has 4 nitrogen and oxygen atoms in total. The van der Waals surface area contributed by atoms with Crippen LogP contribution in [0.1, 0.15) is 0 Å². The summed E-state index contributed by atoms with van der Waals surface area (Å²) < 4.78 is 4.98. The summed E-state index contributed by atoms with van der Waals surface area (Å²) in [7, 11) is 0. The highest BCUT2D eigenvalue weighted by Crippen LogP contribution is 2.44. The predicted octanol–water partition coefficient (Wildman–Crippen LogP) is 13.7. The highest BCUT2D eigenvalue weighted by molar-refractivity contribution is 7.26. The molecule has 8 aromatic carbocycles. The van der Waals surface area contributed by atoms with E-state index in [1.165, 1.54) is 47.6 Å². The molecule has 0 N–H and O–H groups in total. The van der Waals surface area contributed by atoms with Gasteiger partial charge in [0.25, 0.3) is 0 Å². The zero-order chi connectivity index (χ0) is 37.0. The molecule has 56 heavy (non-hydrogen) atoms. The molecule has 0 aliphatic rings. The number of fused-ring (bicyclic) bond motifs is 6. The highest BCUT2D eigenvalue weighted by Gasteiger charge is 2.21. The Labute approximate surface area is 327 Å². The van der Waals surface area contributed by atoms with Crippen LogP contribution in [0, 0.1) is 0 Å². The second kappa shape index (κ2) is 13.3. The lowest BCUT2D eigenvalue weighted by molar-refractivity contribution is 1.06. The molecule has 0 unspecified atom stereocenters. The number of thiophene rings is 1. The first-order valence-electron chi connectivity index (χ1n) is 18.8. The minimum atomic E-state index is 0.622. The van der Waals surface area contributed by atoms with E-state index >= 15 is 0 Å². The second-order valence-corrected chi connectivity index (χ2v) is 15.1. The van der Waals surface area contributed by atoms with Gasteiger partial charge in [0, 0.05) is 47.6 Å². The fourth-order valence-corrected chi connectivity index (χ4v) is 9.26. The van der Waals surface area contributed by atoms with Crippen LogP contribution in [-0.4, -0.2) is 19.5 Å². The first kappa shape index (κ1) is 32.2. The summed E-state index contributed by atoms with van der Waals surface area (Å²) in [5, 5.41) is 4.95. The minimum absolute atomic E-state index is 0.622. The van der Waals surface area contributed by atoms with Crippen LogP contribution in [0.15, 0.2) is 194 Å². The van der Waals surface area contributed by atoms with Gasteiger partial charge in [-0.1, -0.05) is 164 Å². The van der Waals surface area contributed by atoms with Crippen molar-refractivity contribution in [2.45, 2.75) is 0 Å². The van der Waals surface area contributed by atoms with E-state index < -0.39 is 0 Å². The first-order valence-corrected chi connectivity index (χ1v) is 19.6. The molecule has 11 aromatic rings. The van der Waals surface area contributed by atoms with Crippen molar-refractivity contribution in [2.75, 3.05) is 0 Å². The molecule has 0 spiro atoms. The smallest absolute Gasteiger partial charge is 0.166 e. The lowest BCUT2D eigenvalue weighted by Crippen LogP contribution is -2.03. The van der Waals surface area contributed by atoms with Crippen molar-refractivity contribution < 1.29 is 0 Å². The van der Waals surface area contributed by atoms with Gasteiger partial charge in [0.2, 0.25) is 0 Å². The molecule has 0 aliphatic carbocycles. The van der Waals surface area contributed by atoms with Gasteiger partial charge < -0.3 is 4.57 Å². The van der Waals surface area contributed by atoms with Gasteiger partial charge in [0.1, 0.15) is 0 Å². The molecule has 0 saturated carbocycles. The van der Waals surface area contributed by atoms with Crippen molar-refractivity contribution in [1.82, 2.24) is 19.5 Å². The molecule has 0 radical (unpaired) electrons. The van der Waals surface area contributed by atoms with E-state index in [4.69, 9.17) is 15.0 Å². The normalized spacial score (nSPS) is 11.6. The number of para-hydroxylation sites is 2. The van der Waals surface area contributed by atoms with E-state index in [9.17, 15) is 0 Å². The molecule has 0 fully saturated rings. The third kappa shape index (κ3) is 5.40. The van der Waals surface area contributed by atoms with Crippen molar-refractivity contribution in [3.63, 3.8) is 0 Å². The quantitative estimate of drug-likeness (QED) is 0.171. The lowest BCUT2D eigenvalue weighted by atomic mass is 10.0. The van der Waals surface area contributed by atoms with Crippen molar-refractivity contribution in [3.05, 3.63) is 194 Å². The highest BCUT2D eigenvalue weighted by atomic mass is 32.1. The molecular formula is C51H32N4S. The second-order valence-electron chi connectivity index (χ2n) is 14.0. The Morgan fingerprint density at radius 1 is 0.339 bits per heavy atom. The zero-order valence-electron chi connectivity index (χ0n) is 30.2. The average Bonchev–Trinajstić information content (AvgIpc) is 3.81. The number of hydrogen-bond acceptors (Lipinski definition) is 4. The predicted molar refractivity (Wildman–Crippen MR) is 234 cm³/mol. The van der Waals surface area contributed by atoms with Gasteiger partial charge in [-0.25, -0.2) is 15.0 Å². The SMILES string of the molecule is c1ccc(-c2ccc(-c3nc(-c4ccccc4)nc(-c4ccccc4-n4c5ccccc5c5cc6sc7c(-c8ccccc8)cccc7c6cc54)n3)cc2)cc1. The van der Waals surface area contributed by atoms with Crippen molar-refractivity contribution in [1.29, 1.82) is 0 Å². The lowest BCUT2D eigenvalue weighted by Gasteiger charge is -2.14. The number of aromatic nitrogens is 4. The standard InChI is InChI=1S/C51H32N4S/c1-4-15-33(16-5-1)34-27-29-37(30-28-34)50-52-49(36-19-8-3-9-20-36)53-51(54-50)41-22-11-13-26-45(41)55-44-25-12-10-21-39(44)42-32-47-43(31-46(42)55)40-24-14-23-38(48(40)56-47)35-17-6-2-7-18-35/h1-32H. The number of benzene rings is 8. The largest absolute Gasteiger partial charge is 0.308 e. The fraction of sp³-hybridized carbons (Fsp3) is 0. The molecular weight excluding hydrogens is 701 g/mol. The molecule has 11 rings (SSSR count). The van der Waals surface area contributed by atoms with Crippen LogP contribution in [0.4, 0.5) is 0 Å². The molecule has 0 atom stereocenters. The third-order valence-corrected chi connectivity index (χ3v) is 11.9.